The number of rotatable bonds is 16. The monoisotopic (exact) mass is 463 g/mol. The highest BCUT2D eigenvalue weighted by Crippen LogP contribution is 2.11. The molecule has 186 valence electrons. The Hall–Kier alpha value is -2.07. The molecule has 0 aliphatic carbocycles. The molecule has 1 amide bonds. The van der Waals surface area contributed by atoms with Gasteiger partial charge in [0, 0.05) is 24.9 Å². The first-order valence-electron chi connectivity index (χ1n) is 13.4. The van der Waals surface area contributed by atoms with Crippen LogP contribution in [0.1, 0.15) is 83.1 Å². The van der Waals surface area contributed by atoms with Crippen molar-refractivity contribution in [1.82, 2.24) is 5.32 Å². The number of nitrogens with zero attached hydrogens (tertiary/aromatic N) is 1. The van der Waals surface area contributed by atoms with Gasteiger partial charge in [0.25, 0.3) is 0 Å². The van der Waals surface area contributed by atoms with Crippen molar-refractivity contribution in [2.24, 2.45) is 0 Å². The van der Waals surface area contributed by atoms with Crippen molar-refractivity contribution in [2.45, 2.75) is 84.1 Å². The van der Waals surface area contributed by atoms with Crippen molar-refractivity contribution in [3.8, 4) is 0 Å². The molecule has 34 heavy (non-hydrogen) atoms. The van der Waals surface area contributed by atoms with Crippen LogP contribution >= 0.6 is 0 Å². The summed E-state index contributed by atoms with van der Waals surface area (Å²) in [4.78, 5) is 11.9. The van der Waals surface area contributed by atoms with E-state index in [1.54, 1.807) is 0 Å². The van der Waals surface area contributed by atoms with Gasteiger partial charge in [0.05, 0.1) is 20.6 Å². The van der Waals surface area contributed by atoms with Gasteiger partial charge in [-0.3, -0.25) is 4.79 Å². The van der Waals surface area contributed by atoms with Gasteiger partial charge in [-0.1, -0.05) is 124 Å². The van der Waals surface area contributed by atoms with E-state index >= 15 is 0 Å². The van der Waals surface area contributed by atoms with Crippen LogP contribution in [0.4, 0.5) is 0 Å². The van der Waals surface area contributed by atoms with Crippen molar-refractivity contribution in [2.75, 3.05) is 27.2 Å². The standard InChI is InChI=1S/C24H42N2O.C6H5B/c1-4-5-6-7-8-9-10-11-15-19-24(27)25-20-16-21-26(2,3)22-23-17-13-12-14-18-23;7-6-4-2-1-3-5-6/h12-14,17-18H,4-11,15-16,19-22H2,1-3H3;1-5H/p+1. The van der Waals surface area contributed by atoms with Crippen LogP contribution in [0.3, 0.4) is 0 Å². The van der Waals surface area contributed by atoms with Gasteiger partial charge in [-0.25, -0.2) is 0 Å². The lowest BCUT2D eigenvalue weighted by Crippen LogP contribution is -2.41. The molecular formula is C30H48BN2O+. The summed E-state index contributed by atoms with van der Waals surface area (Å²) in [6.07, 6.45) is 13.4. The number of hydrogen-bond donors (Lipinski definition) is 1. The van der Waals surface area contributed by atoms with Gasteiger partial charge in [-0.2, -0.15) is 0 Å². The first-order chi connectivity index (χ1) is 16.4. The van der Waals surface area contributed by atoms with E-state index < -0.39 is 0 Å². The van der Waals surface area contributed by atoms with E-state index in [1.165, 1.54) is 56.9 Å². The van der Waals surface area contributed by atoms with E-state index in [4.69, 9.17) is 7.85 Å². The summed E-state index contributed by atoms with van der Waals surface area (Å²) < 4.78 is 0.956. The molecule has 0 saturated heterocycles. The maximum Gasteiger partial charge on any atom is 0.219 e. The number of unbranched alkanes of at least 4 members (excludes halogenated alkanes) is 8. The number of carbonyl (C=O) groups is 1. The van der Waals surface area contributed by atoms with Crippen LogP contribution in [0.5, 0.6) is 0 Å². The zero-order chi connectivity index (χ0) is 24.9. The molecule has 0 aliphatic rings. The first-order valence-corrected chi connectivity index (χ1v) is 13.4. The molecule has 0 bridgehead atoms. The molecule has 0 atom stereocenters. The summed E-state index contributed by atoms with van der Waals surface area (Å²) in [6, 6.07) is 20.1. The summed E-state index contributed by atoms with van der Waals surface area (Å²) in [5.41, 5.74) is 2.19. The molecule has 0 aromatic heterocycles. The Balaban J connectivity index is 0.000000700. The second-order valence-corrected chi connectivity index (χ2v) is 10.00. The van der Waals surface area contributed by atoms with Gasteiger partial charge in [0.1, 0.15) is 14.4 Å². The van der Waals surface area contributed by atoms with Crippen molar-refractivity contribution in [3.63, 3.8) is 0 Å². The molecular weight excluding hydrogens is 415 g/mol. The number of amides is 1. The zero-order valence-corrected chi connectivity index (χ0v) is 22.1. The Labute approximate surface area is 211 Å². The molecule has 0 heterocycles. The number of benzene rings is 2. The van der Waals surface area contributed by atoms with Crippen LogP contribution in [0.2, 0.25) is 0 Å². The van der Waals surface area contributed by atoms with Crippen LogP contribution in [0.25, 0.3) is 0 Å². The Kier molecular flexibility index (Phi) is 17.0. The molecule has 0 spiro atoms. The minimum absolute atomic E-state index is 0.228. The highest BCUT2D eigenvalue weighted by Gasteiger charge is 2.15. The quantitative estimate of drug-likeness (QED) is 0.180. The van der Waals surface area contributed by atoms with Gasteiger partial charge in [0.15, 0.2) is 0 Å². The van der Waals surface area contributed by atoms with Crippen LogP contribution in [0.15, 0.2) is 60.7 Å². The normalized spacial score (nSPS) is 10.9. The first kappa shape index (κ1) is 30.0. The molecule has 2 aromatic rings. The van der Waals surface area contributed by atoms with Crippen LogP contribution < -0.4 is 10.8 Å². The maximum absolute atomic E-state index is 11.9. The predicted octanol–water partition coefficient (Wildman–Crippen LogP) is 6.17. The fraction of sp³-hybridized carbons (Fsp3) is 0.567. The number of nitrogens with one attached hydrogen (secondary N) is 1. The smallest absolute Gasteiger partial charge is 0.219 e. The van der Waals surface area contributed by atoms with Crippen molar-refractivity contribution in [3.05, 3.63) is 66.2 Å². The SMILES string of the molecule is CCCCCCCCCCCC(=O)NCCC[N+](C)(C)Cc1ccccc1.[B]c1ccccc1. The molecule has 0 unspecified atom stereocenters. The average Bonchev–Trinajstić information content (AvgIpc) is 2.82. The molecule has 2 aromatic carbocycles. The molecule has 2 radical (unpaired) electrons. The molecule has 0 aliphatic heterocycles. The lowest BCUT2D eigenvalue weighted by Gasteiger charge is -2.30. The van der Waals surface area contributed by atoms with Crippen LogP contribution in [-0.2, 0) is 11.3 Å². The molecule has 0 saturated carbocycles. The van der Waals surface area contributed by atoms with Crippen molar-refractivity contribution in [1.29, 1.82) is 0 Å². The third kappa shape index (κ3) is 17.4. The molecule has 3 nitrogen and oxygen atoms in total. The van der Waals surface area contributed by atoms with Crippen molar-refractivity contribution < 1.29 is 9.28 Å². The minimum Gasteiger partial charge on any atom is -0.356 e. The minimum atomic E-state index is 0.228. The Morgan fingerprint density at radius 1 is 0.765 bits per heavy atom. The van der Waals surface area contributed by atoms with Crippen LogP contribution in [0, 0.1) is 0 Å². The average molecular weight is 464 g/mol. The summed E-state index contributed by atoms with van der Waals surface area (Å²) in [5, 5.41) is 3.10. The fourth-order valence-electron chi connectivity index (χ4n) is 4.03. The maximum atomic E-state index is 11.9. The largest absolute Gasteiger partial charge is 0.356 e. The number of quaternary nitrogens is 1. The number of carbonyl (C=O) groups excluding carboxylic acids is 1. The Morgan fingerprint density at radius 3 is 1.82 bits per heavy atom. The second kappa shape index (κ2) is 19.3. The third-order valence-electron chi connectivity index (χ3n) is 6.02. The fourth-order valence-corrected chi connectivity index (χ4v) is 4.03. The highest BCUT2D eigenvalue weighted by atomic mass is 16.1. The van der Waals surface area contributed by atoms with Gasteiger partial charge in [-0.15, -0.1) is 0 Å². The van der Waals surface area contributed by atoms with Gasteiger partial charge in [0.2, 0.25) is 5.91 Å². The summed E-state index contributed by atoms with van der Waals surface area (Å²) >= 11 is 0. The second-order valence-electron chi connectivity index (χ2n) is 10.00. The molecule has 1 N–H and O–H groups in total. The van der Waals surface area contributed by atoms with Gasteiger partial charge >= 0.3 is 0 Å². The third-order valence-corrected chi connectivity index (χ3v) is 6.02. The van der Waals surface area contributed by atoms with Crippen molar-refractivity contribution >= 4 is 19.2 Å². The van der Waals surface area contributed by atoms with E-state index in [0.717, 1.165) is 42.4 Å². The van der Waals surface area contributed by atoms with E-state index in [2.05, 4.69) is 56.7 Å². The topological polar surface area (TPSA) is 29.1 Å². The van der Waals surface area contributed by atoms with E-state index in [9.17, 15) is 4.79 Å². The summed E-state index contributed by atoms with van der Waals surface area (Å²) in [7, 11) is 9.88. The van der Waals surface area contributed by atoms with Gasteiger partial charge in [-0.05, 0) is 6.42 Å². The Morgan fingerprint density at radius 2 is 1.29 bits per heavy atom. The lowest BCUT2D eigenvalue weighted by molar-refractivity contribution is -0.903. The Bertz CT molecular complexity index is 734. The predicted molar refractivity (Wildman–Crippen MR) is 148 cm³/mol. The molecule has 0 fully saturated rings. The lowest BCUT2D eigenvalue weighted by atomic mass is 9.97. The van der Waals surface area contributed by atoms with E-state index in [-0.39, 0.29) is 5.91 Å². The molecule has 4 heteroatoms. The van der Waals surface area contributed by atoms with Gasteiger partial charge < -0.3 is 9.80 Å². The summed E-state index contributed by atoms with van der Waals surface area (Å²) in [5.74, 6) is 0.228. The highest BCUT2D eigenvalue weighted by molar-refractivity contribution is 6.32. The van der Waals surface area contributed by atoms with E-state index in [1.807, 2.05) is 30.3 Å². The number of hydrogen-bond acceptors (Lipinski definition) is 1. The molecule has 2 rings (SSSR count). The van der Waals surface area contributed by atoms with Crippen LogP contribution in [-0.4, -0.2) is 45.4 Å². The van der Waals surface area contributed by atoms with E-state index in [0.29, 0.717) is 6.42 Å². The zero-order valence-electron chi connectivity index (χ0n) is 22.1. The summed E-state index contributed by atoms with van der Waals surface area (Å²) in [6.45, 7) is 5.17.